The van der Waals surface area contributed by atoms with E-state index in [0.717, 1.165) is 4.31 Å². The molecule has 1 aliphatic heterocycles. The fraction of sp³-hybridized carbons (Fsp3) is 0.263. The van der Waals surface area contributed by atoms with Crippen molar-refractivity contribution in [1.82, 2.24) is 9.62 Å². The number of hydrogen-bond donors (Lipinski definition) is 3. The van der Waals surface area contributed by atoms with Crippen molar-refractivity contribution in [3.05, 3.63) is 52.0 Å². The van der Waals surface area contributed by atoms with E-state index in [1.807, 2.05) is 0 Å². The van der Waals surface area contributed by atoms with E-state index in [4.69, 9.17) is 33.1 Å². The molecular formula is C19H20Cl2N4O5S2. The number of rotatable bonds is 7. The lowest BCUT2D eigenvalue weighted by molar-refractivity contribution is -0.131. The van der Waals surface area contributed by atoms with Crippen LogP contribution in [0.3, 0.4) is 0 Å². The van der Waals surface area contributed by atoms with Crippen LogP contribution in [0.1, 0.15) is 5.56 Å². The van der Waals surface area contributed by atoms with Crippen molar-refractivity contribution in [1.29, 1.82) is 0 Å². The lowest BCUT2D eigenvalue weighted by Crippen LogP contribution is -2.39. The predicted octanol–water partition coefficient (Wildman–Crippen LogP) is 1.79. The lowest BCUT2D eigenvalue weighted by Gasteiger charge is -2.23. The number of carbonyl (C=O) groups excluding carboxylic acids is 2. The molecule has 0 saturated carbocycles. The Morgan fingerprint density at radius 1 is 1.22 bits per heavy atom. The van der Waals surface area contributed by atoms with Crippen molar-refractivity contribution in [3.63, 3.8) is 0 Å². The van der Waals surface area contributed by atoms with Crippen LogP contribution in [0.15, 0.2) is 41.3 Å². The molecule has 3 atom stereocenters. The van der Waals surface area contributed by atoms with E-state index in [0.29, 0.717) is 16.3 Å². The van der Waals surface area contributed by atoms with Crippen LogP contribution in [0.5, 0.6) is 5.75 Å². The van der Waals surface area contributed by atoms with Crippen LogP contribution in [0.4, 0.5) is 5.69 Å². The molecule has 2 aromatic carbocycles. The third kappa shape index (κ3) is 5.78. The molecule has 172 valence electrons. The van der Waals surface area contributed by atoms with Gasteiger partial charge in [-0.3, -0.25) is 14.3 Å². The lowest BCUT2D eigenvalue weighted by atomic mass is 9.98. The van der Waals surface area contributed by atoms with Gasteiger partial charge in [0.15, 0.2) is 22.2 Å². The highest BCUT2D eigenvalue weighted by molar-refractivity contribution is 7.84. The summed E-state index contributed by atoms with van der Waals surface area (Å²) in [6, 6.07) is 9.30. The number of nitrogens with two attached hydrogens (primary N) is 1. The van der Waals surface area contributed by atoms with E-state index in [2.05, 4.69) is 10.0 Å². The van der Waals surface area contributed by atoms with E-state index >= 15 is 0 Å². The first-order chi connectivity index (χ1) is 15.2. The molecule has 3 unspecified atom stereocenters. The van der Waals surface area contributed by atoms with Gasteiger partial charge in [-0.05, 0) is 48.4 Å². The Bertz CT molecular complexity index is 1100. The Labute approximate surface area is 199 Å². The number of ether oxygens (including phenoxy) is 1. The van der Waals surface area contributed by atoms with Crippen molar-refractivity contribution in [2.45, 2.75) is 11.3 Å². The van der Waals surface area contributed by atoms with Gasteiger partial charge in [-0.15, -0.1) is 0 Å². The van der Waals surface area contributed by atoms with Crippen molar-refractivity contribution in [2.75, 3.05) is 24.9 Å². The zero-order chi connectivity index (χ0) is 23.4. The average Bonchev–Trinajstić information content (AvgIpc) is 2.88. The van der Waals surface area contributed by atoms with Crippen molar-refractivity contribution in [3.8, 4) is 5.75 Å². The van der Waals surface area contributed by atoms with Gasteiger partial charge >= 0.3 is 0 Å². The summed E-state index contributed by atoms with van der Waals surface area (Å²) in [5.74, 6) is -1.06. The topological polar surface area (TPSA) is 131 Å². The number of nitrogens with zero attached hydrogens (tertiary/aromatic N) is 1. The summed E-state index contributed by atoms with van der Waals surface area (Å²) in [5.41, 5.74) is 0.869. The first kappa shape index (κ1) is 24.5. The molecule has 2 aromatic rings. The summed E-state index contributed by atoms with van der Waals surface area (Å²) in [4.78, 5) is 25.7. The summed E-state index contributed by atoms with van der Waals surface area (Å²) >= 11 is 10.2. The molecule has 4 N–H and O–H groups in total. The minimum Gasteiger partial charge on any atom is -0.496 e. The van der Waals surface area contributed by atoms with E-state index in [-0.39, 0.29) is 35.1 Å². The fourth-order valence-corrected chi connectivity index (χ4v) is 5.20. The zero-order valence-corrected chi connectivity index (χ0v) is 19.9. The minimum absolute atomic E-state index is 0.0701. The molecule has 9 nitrogen and oxygen atoms in total. The normalized spacial score (nSPS) is 18.5. The number of benzene rings is 2. The first-order valence-corrected chi connectivity index (χ1v) is 12.3. The number of nitrogens with one attached hydrogen (secondary N) is 2. The predicted molar refractivity (Wildman–Crippen MR) is 124 cm³/mol. The third-order valence-corrected chi connectivity index (χ3v) is 7.04. The maximum absolute atomic E-state index is 13.3. The van der Waals surface area contributed by atoms with Crippen molar-refractivity contribution >= 4 is 62.9 Å². The molecule has 0 radical (unpaired) electrons. The van der Waals surface area contributed by atoms with Gasteiger partial charge in [-0.2, -0.15) is 0 Å². The maximum Gasteiger partial charge on any atom is 0.240 e. The summed E-state index contributed by atoms with van der Waals surface area (Å²) in [5, 5.41) is 8.60. The highest BCUT2D eigenvalue weighted by Gasteiger charge is 2.34. The van der Waals surface area contributed by atoms with Gasteiger partial charge in [-0.25, -0.2) is 17.9 Å². The van der Waals surface area contributed by atoms with E-state index in [9.17, 15) is 18.0 Å². The van der Waals surface area contributed by atoms with Gasteiger partial charge in [-0.1, -0.05) is 23.2 Å². The molecule has 32 heavy (non-hydrogen) atoms. The average molecular weight is 519 g/mol. The molecule has 2 amide bonds. The van der Waals surface area contributed by atoms with Gasteiger partial charge in [0.1, 0.15) is 12.3 Å². The molecule has 3 rings (SSSR count). The van der Waals surface area contributed by atoms with Gasteiger partial charge in [0.2, 0.25) is 11.8 Å². The molecular weight excluding hydrogens is 499 g/mol. The Hall–Kier alpha value is -2.18. The quantitative estimate of drug-likeness (QED) is 0.514. The molecule has 1 heterocycles. The summed E-state index contributed by atoms with van der Waals surface area (Å²) in [6.07, 6.45) is 0.218. The minimum atomic E-state index is -2.03. The maximum atomic E-state index is 13.3. The smallest absolute Gasteiger partial charge is 0.240 e. The summed E-state index contributed by atoms with van der Waals surface area (Å²) < 4.78 is 33.3. The van der Waals surface area contributed by atoms with Crippen molar-refractivity contribution < 1.29 is 22.7 Å². The van der Waals surface area contributed by atoms with Crippen LogP contribution in [-0.2, 0) is 38.2 Å². The molecule has 1 aliphatic rings. The van der Waals surface area contributed by atoms with Crippen LogP contribution in [-0.4, -0.2) is 44.7 Å². The van der Waals surface area contributed by atoms with Gasteiger partial charge < -0.3 is 10.1 Å². The highest BCUT2D eigenvalue weighted by atomic mass is 35.5. The first-order valence-electron chi connectivity index (χ1n) is 9.24. The van der Waals surface area contributed by atoms with E-state index < -0.39 is 39.9 Å². The van der Waals surface area contributed by atoms with E-state index in [1.54, 1.807) is 18.2 Å². The fourth-order valence-electron chi connectivity index (χ4n) is 3.19. The number of carbonyl (C=O) groups is 2. The largest absolute Gasteiger partial charge is 0.496 e. The number of hydrogen-bond acceptors (Lipinski definition) is 5. The Morgan fingerprint density at radius 3 is 2.66 bits per heavy atom. The standard InChI is InChI=1S/C19H20Cl2N4O5S2/c1-30-17-5-2-13(20)7-11(17)6-12-9-23-18(26)10-25(19(12)27)31(28)14-3-4-15(21)16(8-14)24-32(22)29/h2-5,7-8,12,24H,6,9-10,22H2,1H3,(H,23,26). The zero-order valence-electron chi connectivity index (χ0n) is 16.8. The number of amides is 2. The molecule has 0 aromatic heterocycles. The second kappa shape index (κ2) is 10.6. The van der Waals surface area contributed by atoms with Crippen LogP contribution in [0.25, 0.3) is 0 Å². The van der Waals surface area contributed by atoms with E-state index in [1.165, 1.54) is 25.3 Å². The second-order valence-electron chi connectivity index (χ2n) is 6.83. The Balaban J connectivity index is 1.90. The summed E-state index contributed by atoms with van der Waals surface area (Å²) in [6.45, 7) is -0.316. The monoisotopic (exact) mass is 518 g/mol. The Kier molecular flexibility index (Phi) is 8.12. The molecule has 13 heteroatoms. The molecule has 0 spiro atoms. The number of methoxy groups -OCH3 is 1. The molecule has 1 saturated heterocycles. The van der Waals surface area contributed by atoms with Crippen LogP contribution < -0.4 is 19.9 Å². The number of anilines is 1. The SMILES string of the molecule is COc1ccc(Cl)cc1CC1CNC(=O)CN(S(=O)c2ccc(Cl)c(NS(N)=O)c2)C1=O. The van der Waals surface area contributed by atoms with Crippen LogP contribution >= 0.6 is 23.2 Å². The summed E-state index contributed by atoms with van der Waals surface area (Å²) in [7, 11) is -0.523. The third-order valence-electron chi connectivity index (χ3n) is 4.69. The van der Waals surface area contributed by atoms with Crippen molar-refractivity contribution in [2.24, 2.45) is 11.1 Å². The van der Waals surface area contributed by atoms with Gasteiger partial charge in [0, 0.05) is 11.6 Å². The molecule has 0 bridgehead atoms. The number of halogens is 2. The van der Waals surface area contributed by atoms with Gasteiger partial charge in [0.25, 0.3) is 0 Å². The highest BCUT2D eigenvalue weighted by Crippen LogP contribution is 2.29. The van der Waals surface area contributed by atoms with Gasteiger partial charge in [0.05, 0.1) is 28.6 Å². The van der Waals surface area contributed by atoms with Crippen LogP contribution in [0.2, 0.25) is 10.0 Å². The molecule has 0 aliphatic carbocycles. The van der Waals surface area contributed by atoms with Crippen LogP contribution in [0, 0.1) is 5.92 Å². The second-order valence-corrected chi connectivity index (χ2v) is 9.88. The molecule has 1 fully saturated rings. The Morgan fingerprint density at radius 2 is 1.97 bits per heavy atom.